The average molecular weight is 421 g/mol. The highest BCUT2D eigenvalue weighted by Crippen LogP contribution is 2.42. The quantitative estimate of drug-likeness (QED) is 0.552. The second kappa shape index (κ2) is 8.48. The van der Waals surface area contributed by atoms with Gasteiger partial charge in [0.2, 0.25) is 0 Å². The molecule has 1 saturated heterocycles. The molecule has 1 aromatic carbocycles. The molecule has 3 aromatic rings. The third-order valence-corrected chi connectivity index (χ3v) is 6.21. The number of hydrogen-bond acceptors (Lipinski definition) is 3. The van der Waals surface area contributed by atoms with Crippen LogP contribution in [0.3, 0.4) is 0 Å². The van der Waals surface area contributed by atoms with E-state index in [1.165, 1.54) is 5.56 Å². The number of hydrogen-bond donors (Lipinski definition) is 2. The first-order valence-electron chi connectivity index (χ1n) is 10.5. The van der Waals surface area contributed by atoms with Gasteiger partial charge in [-0.25, -0.2) is 0 Å². The Morgan fingerprint density at radius 1 is 1.13 bits per heavy atom. The molecule has 0 bridgehead atoms. The first kappa shape index (κ1) is 20.4. The fraction of sp³-hybridized carbons (Fsp3) is 0.333. The number of para-hydroxylation sites is 2. The van der Waals surface area contributed by atoms with E-state index in [1.807, 2.05) is 36.5 Å². The van der Waals surface area contributed by atoms with Crippen molar-refractivity contribution in [1.29, 1.82) is 0 Å². The zero-order valence-electron chi connectivity index (χ0n) is 17.7. The van der Waals surface area contributed by atoms with Crippen LogP contribution in [0, 0.1) is 13.8 Å². The molecule has 2 atom stereocenters. The van der Waals surface area contributed by atoms with E-state index < -0.39 is 0 Å². The predicted molar refractivity (Wildman–Crippen MR) is 124 cm³/mol. The molecule has 0 saturated carbocycles. The van der Waals surface area contributed by atoms with Crippen molar-refractivity contribution < 1.29 is 5.11 Å². The van der Waals surface area contributed by atoms with Crippen LogP contribution in [0.2, 0.25) is 0 Å². The molecular formula is C24H28N4OS. The van der Waals surface area contributed by atoms with Gasteiger partial charge in [-0.05, 0) is 68.4 Å². The van der Waals surface area contributed by atoms with Crippen LogP contribution in [-0.2, 0) is 0 Å². The Labute approximate surface area is 183 Å². The highest BCUT2D eigenvalue weighted by atomic mass is 32.1. The molecule has 5 nitrogen and oxygen atoms in total. The topological polar surface area (TPSA) is 53.3 Å². The molecule has 1 fully saturated rings. The summed E-state index contributed by atoms with van der Waals surface area (Å²) in [4.78, 5) is 6.92. The number of aromatic hydroxyl groups is 1. The van der Waals surface area contributed by atoms with E-state index in [1.54, 1.807) is 6.07 Å². The van der Waals surface area contributed by atoms with Crippen LogP contribution in [0.4, 0.5) is 0 Å². The third-order valence-electron chi connectivity index (χ3n) is 5.86. The van der Waals surface area contributed by atoms with E-state index in [0.29, 0.717) is 0 Å². The lowest BCUT2D eigenvalue weighted by Gasteiger charge is -2.28. The maximum atomic E-state index is 10.5. The second-order valence-electron chi connectivity index (χ2n) is 7.82. The summed E-state index contributed by atoms with van der Waals surface area (Å²) in [7, 11) is 0. The van der Waals surface area contributed by atoms with Crippen molar-refractivity contribution in [2.45, 2.75) is 45.7 Å². The Hall–Kier alpha value is -2.86. The monoisotopic (exact) mass is 420 g/mol. The molecule has 3 heterocycles. The van der Waals surface area contributed by atoms with E-state index in [-0.39, 0.29) is 17.8 Å². The van der Waals surface area contributed by atoms with Gasteiger partial charge in [-0.1, -0.05) is 31.5 Å². The summed E-state index contributed by atoms with van der Waals surface area (Å²) >= 11 is 5.75. The van der Waals surface area contributed by atoms with Gasteiger partial charge in [0.15, 0.2) is 5.11 Å². The van der Waals surface area contributed by atoms with E-state index in [0.717, 1.165) is 47.3 Å². The van der Waals surface area contributed by atoms with Crippen molar-refractivity contribution in [3.05, 3.63) is 77.4 Å². The van der Waals surface area contributed by atoms with Crippen LogP contribution < -0.4 is 5.32 Å². The van der Waals surface area contributed by atoms with Crippen molar-refractivity contribution in [3.8, 4) is 11.4 Å². The molecule has 0 radical (unpaired) electrons. The first-order chi connectivity index (χ1) is 14.5. The van der Waals surface area contributed by atoms with Crippen LogP contribution in [-0.4, -0.2) is 31.2 Å². The van der Waals surface area contributed by atoms with Gasteiger partial charge in [0.25, 0.3) is 0 Å². The molecule has 1 aliphatic rings. The van der Waals surface area contributed by atoms with Crippen LogP contribution >= 0.6 is 12.2 Å². The lowest BCUT2D eigenvalue weighted by atomic mass is 9.96. The molecule has 0 amide bonds. The molecule has 156 valence electrons. The highest BCUT2D eigenvalue weighted by Gasteiger charge is 2.41. The van der Waals surface area contributed by atoms with E-state index in [2.05, 4.69) is 52.7 Å². The molecule has 0 unspecified atom stereocenters. The minimum Gasteiger partial charge on any atom is -0.506 e. The van der Waals surface area contributed by atoms with Crippen molar-refractivity contribution in [1.82, 2.24) is 19.8 Å². The van der Waals surface area contributed by atoms with E-state index in [9.17, 15) is 5.11 Å². The number of aryl methyl sites for hydroxylation is 1. The first-order valence-corrected chi connectivity index (χ1v) is 10.9. The summed E-state index contributed by atoms with van der Waals surface area (Å²) in [5.74, 6) is 0.273. The molecule has 2 N–H and O–H groups in total. The van der Waals surface area contributed by atoms with Gasteiger partial charge in [0.1, 0.15) is 5.75 Å². The summed E-state index contributed by atoms with van der Waals surface area (Å²) < 4.78 is 2.12. The summed E-state index contributed by atoms with van der Waals surface area (Å²) in [6.45, 7) is 7.29. The van der Waals surface area contributed by atoms with Gasteiger partial charge >= 0.3 is 0 Å². The zero-order valence-corrected chi connectivity index (χ0v) is 18.5. The standard InChI is InChI=1S/C24H28N4OS/c1-4-5-14-27-23(22(26-24(27)30)19-10-8-9-13-25-19)18-15-16(2)28(17(18)3)20-11-6-7-12-21(20)29/h6-13,15,22-23,29H,4-5,14H2,1-3H3,(H,26,30)/t22-,23-/m1/s1. The Morgan fingerprint density at radius 2 is 1.90 bits per heavy atom. The van der Waals surface area contributed by atoms with Gasteiger partial charge in [0, 0.05) is 24.1 Å². The number of nitrogens with one attached hydrogen (secondary N) is 1. The lowest BCUT2D eigenvalue weighted by Crippen LogP contribution is -2.30. The molecule has 6 heteroatoms. The zero-order chi connectivity index (χ0) is 21.3. The Kier molecular flexibility index (Phi) is 5.77. The highest BCUT2D eigenvalue weighted by molar-refractivity contribution is 7.80. The number of benzene rings is 1. The summed E-state index contributed by atoms with van der Waals surface area (Å²) in [6.07, 6.45) is 4.01. The lowest BCUT2D eigenvalue weighted by molar-refractivity contribution is 0.312. The van der Waals surface area contributed by atoms with Gasteiger partial charge < -0.3 is 19.9 Å². The minimum atomic E-state index is -0.0196. The van der Waals surface area contributed by atoms with Crippen LogP contribution in [0.5, 0.6) is 5.75 Å². The van der Waals surface area contributed by atoms with Crippen molar-refractivity contribution in [3.63, 3.8) is 0 Å². The van der Waals surface area contributed by atoms with E-state index in [4.69, 9.17) is 12.2 Å². The largest absolute Gasteiger partial charge is 0.506 e. The van der Waals surface area contributed by atoms with Crippen LogP contribution in [0.25, 0.3) is 5.69 Å². The van der Waals surface area contributed by atoms with Crippen molar-refractivity contribution in [2.75, 3.05) is 6.54 Å². The van der Waals surface area contributed by atoms with Crippen molar-refractivity contribution >= 4 is 17.3 Å². The summed E-state index contributed by atoms with van der Waals surface area (Å²) in [5, 5.41) is 14.7. The Morgan fingerprint density at radius 3 is 2.60 bits per heavy atom. The second-order valence-corrected chi connectivity index (χ2v) is 8.21. The predicted octanol–water partition coefficient (Wildman–Crippen LogP) is 4.97. The molecule has 2 aromatic heterocycles. The maximum Gasteiger partial charge on any atom is 0.170 e. The molecule has 30 heavy (non-hydrogen) atoms. The number of nitrogens with zero attached hydrogens (tertiary/aromatic N) is 3. The number of phenolic OH excluding ortho intramolecular Hbond substituents is 1. The van der Waals surface area contributed by atoms with Gasteiger partial charge in [-0.15, -0.1) is 0 Å². The molecule has 0 aliphatic carbocycles. The van der Waals surface area contributed by atoms with Gasteiger partial charge in [-0.2, -0.15) is 0 Å². The number of rotatable bonds is 6. The smallest absolute Gasteiger partial charge is 0.170 e. The average Bonchev–Trinajstić information content (AvgIpc) is 3.23. The van der Waals surface area contributed by atoms with E-state index >= 15 is 0 Å². The molecule has 0 spiro atoms. The molecule has 4 rings (SSSR count). The maximum absolute atomic E-state index is 10.5. The van der Waals surface area contributed by atoms with Crippen LogP contribution in [0.15, 0.2) is 54.7 Å². The Bertz CT molecular complexity index is 1050. The third kappa shape index (κ3) is 3.56. The normalized spacial score (nSPS) is 18.6. The number of thiocarbonyl (C=S) groups is 1. The molecule has 1 aliphatic heterocycles. The Balaban J connectivity index is 1.83. The summed E-state index contributed by atoms with van der Waals surface area (Å²) in [5.41, 5.74) is 5.16. The summed E-state index contributed by atoms with van der Waals surface area (Å²) in [6, 6.07) is 15.7. The van der Waals surface area contributed by atoms with Gasteiger partial charge in [-0.3, -0.25) is 4.98 Å². The number of aromatic nitrogens is 2. The fourth-order valence-electron chi connectivity index (χ4n) is 4.42. The number of phenols is 1. The number of unbranched alkanes of at least 4 members (excludes halogenated alkanes) is 1. The van der Waals surface area contributed by atoms with Gasteiger partial charge in [0.05, 0.1) is 23.5 Å². The SMILES string of the molecule is CCCCN1C(=S)N[C@H](c2ccccn2)[C@H]1c1cc(C)n(-c2ccccc2O)c1C. The van der Waals surface area contributed by atoms with Crippen LogP contribution in [0.1, 0.15) is 54.5 Å². The molecular weight excluding hydrogens is 392 g/mol. The minimum absolute atomic E-state index is 0.0196. The number of pyridine rings is 1. The van der Waals surface area contributed by atoms with Crippen molar-refractivity contribution in [2.24, 2.45) is 0 Å². The fourth-order valence-corrected chi connectivity index (χ4v) is 4.76.